The number of phenolic OH excluding ortho intramolecular Hbond substituents is 1. The van der Waals surface area contributed by atoms with Crippen LogP contribution >= 0.6 is 0 Å². The van der Waals surface area contributed by atoms with E-state index in [1.165, 1.54) is 0 Å². The van der Waals surface area contributed by atoms with Crippen molar-refractivity contribution in [3.63, 3.8) is 0 Å². The monoisotopic (exact) mass is 774 g/mol. The Morgan fingerprint density at radius 2 is 1.07 bits per heavy atom. The van der Waals surface area contributed by atoms with Gasteiger partial charge in [-0.25, -0.2) is 19.2 Å². The highest BCUT2D eigenvalue weighted by Crippen LogP contribution is 2.40. The van der Waals surface area contributed by atoms with Crippen molar-refractivity contribution < 1.29 is 52.7 Å². The summed E-state index contributed by atoms with van der Waals surface area (Å²) >= 11 is 0. The molecule has 56 heavy (non-hydrogen) atoms. The second-order valence-corrected chi connectivity index (χ2v) is 13.2. The molecular formula is C45H58O11. The van der Waals surface area contributed by atoms with E-state index in [1.54, 1.807) is 56.3 Å². The number of hydrogen-bond acceptors (Lipinski definition) is 11. The third-order valence-corrected chi connectivity index (χ3v) is 8.79. The predicted octanol–water partition coefficient (Wildman–Crippen LogP) is 10.1. The van der Waals surface area contributed by atoms with E-state index in [9.17, 15) is 24.3 Å². The fraction of sp³-hybridized carbons (Fsp3) is 0.467. The normalized spacial score (nSPS) is 12.4. The Labute approximate surface area is 330 Å². The van der Waals surface area contributed by atoms with Gasteiger partial charge in [-0.2, -0.15) is 0 Å². The molecule has 1 N–H and O–H groups in total. The number of ether oxygens (including phenoxy) is 6. The lowest BCUT2D eigenvalue weighted by Crippen LogP contribution is -2.24. The summed E-state index contributed by atoms with van der Waals surface area (Å²) in [5, 5.41) is 12.1. The maximum Gasteiger partial charge on any atom is 0.334 e. The molecule has 0 amide bonds. The first kappa shape index (κ1) is 45.1. The molecular weight excluding hydrogens is 716 g/mol. The summed E-state index contributed by atoms with van der Waals surface area (Å²) in [5.74, 6) is -1.82. The van der Waals surface area contributed by atoms with Gasteiger partial charge in [-0.15, -0.1) is 0 Å². The van der Waals surface area contributed by atoms with Crippen LogP contribution in [0.5, 0.6) is 17.2 Å². The van der Waals surface area contributed by atoms with Gasteiger partial charge in [0.15, 0.2) is 0 Å². The van der Waals surface area contributed by atoms with Crippen molar-refractivity contribution in [2.75, 3.05) is 13.2 Å². The first-order chi connectivity index (χ1) is 27.2. The SMILES string of the molecule is CCCCCCCCC(OC(=O)/C=C/C(=O)OCC)Oc1cccc2c(O)ccc(-c3ccc(OC(CCCCCCC)OC(=O)/C=C/C(=O)OCC)cc3)c12. The number of carbonyl (C=O) groups excluding carboxylic acids is 4. The first-order valence-corrected chi connectivity index (χ1v) is 20.0. The molecule has 0 spiro atoms. The van der Waals surface area contributed by atoms with Crippen LogP contribution in [0.1, 0.15) is 111 Å². The molecule has 0 radical (unpaired) electrons. The number of unbranched alkanes of at least 4 members (excludes halogenated alkanes) is 9. The Hall–Kier alpha value is -5.32. The molecule has 0 aliphatic heterocycles. The molecule has 2 atom stereocenters. The quantitative estimate of drug-likeness (QED) is 0.0274. The zero-order chi connectivity index (χ0) is 40.5. The largest absolute Gasteiger partial charge is 0.507 e. The highest BCUT2D eigenvalue weighted by Gasteiger charge is 2.20. The van der Waals surface area contributed by atoms with Crippen LogP contribution in [0.2, 0.25) is 0 Å². The lowest BCUT2D eigenvalue weighted by Gasteiger charge is -2.21. The Bertz CT molecular complexity index is 1730. The number of rotatable bonds is 26. The smallest absolute Gasteiger partial charge is 0.334 e. The van der Waals surface area contributed by atoms with E-state index in [0.29, 0.717) is 35.1 Å². The minimum atomic E-state index is -0.967. The molecule has 0 aliphatic rings. The number of fused-ring (bicyclic) bond motifs is 1. The molecule has 0 saturated carbocycles. The van der Waals surface area contributed by atoms with Gasteiger partial charge in [-0.3, -0.25) is 0 Å². The Morgan fingerprint density at radius 1 is 0.571 bits per heavy atom. The van der Waals surface area contributed by atoms with Crippen molar-refractivity contribution in [3.05, 3.63) is 78.9 Å². The molecule has 3 aromatic carbocycles. The minimum Gasteiger partial charge on any atom is -0.507 e. The van der Waals surface area contributed by atoms with E-state index in [4.69, 9.17) is 28.4 Å². The third kappa shape index (κ3) is 16.2. The summed E-state index contributed by atoms with van der Waals surface area (Å²) in [6.07, 6.45) is 14.4. The fourth-order valence-corrected chi connectivity index (χ4v) is 5.98. The van der Waals surface area contributed by atoms with Gasteiger partial charge >= 0.3 is 23.9 Å². The Morgan fingerprint density at radius 3 is 1.61 bits per heavy atom. The molecule has 304 valence electrons. The maximum atomic E-state index is 12.8. The summed E-state index contributed by atoms with van der Waals surface area (Å²) in [7, 11) is 0. The molecule has 11 nitrogen and oxygen atoms in total. The second-order valence-electron chi connectivity index (χ2n) is 13.2. The van der Waals surface area contributed by atoms with Crippen LogP contribution in [0, 0.1) is 0 Å². The van der Waals surface area contributed by atoms with Gasteiger partial charge in [0.05, 0.1) is 13.2 Å². The van der Waals surface area contributed by atoms with Gasteiger partial charge in [0.1, 0.15) is 17.2 Å². The minimum absolute atomic E-state index is 0.0524. The molecule has 0 aromatic heterocycles. The van der Waals surface area contributed by atoms with Crippen molar-refractivity contribution in [3.8, 4) is 28.4 Å². The van der Waals surface area contributed by atoms with Gasteiger partial charge in [0, 0.05) is 47.9 Å². The number of benzene rings is 3. The van der Waals surface area contributed by atoms with Crippen LogP contribution in [0.25, 0.3) is 21.9 Å². The van der Waals surface area contributed by atoms with E-state index < -0.39 is 36.5 Å². The van der Waals surface area contributed by atoms with Gasteiger partial charge in [-0.1, -0.05) is 95.9 Å². The number of phenols is 1. The predicted molar refractivity (Wildman–Crippen MR) is 215 cm³/mol. The Kier molecular flexibility index (Phi) is 20.7. The zero-order valence-electron chi connectivity index (χ0n) is 33.3. The standard InChI is InChI=1S/C45H58O11/c1-5-9-11-13-15-17-22-44(56-42(50)32-30-40(48)52-8-4)54-38-20-18-19-36-37(46)28-27-35(45(36)38)33-23-25-34(26-24-33)53-43(21-16-14-12-10-6-2)55-41(49)31-29-39(47)51-7-3/h18-20,23-32,43-44,46H,5-17,21-22H2,1-4H3/b31-29+,32-30+. The van der Waals surface area contributed by atoms with Crippen LogP contribution < -0.4 is 9.47 Å². The lowest BCUT2D eigenvalue weighted by atomic mass is 9.97. The molecule has 0 saturated heterocycles. The average Bonchev–Trinajstić information content (AvgIpc) is 3.18. The molecule has 0 bridgehead atoms. The molecule has 3 rings (SSSR count). The van der Waals surface area contributed by atoms with Crippen LogP contribution in [0.15, 0.2) is 78.9 Å². The number of esters is 4. The summed E-state index contributed by atoms with van der Waals surface area (Å²) < 4.78 is 33.6. The first-order valence-electron chi connectivity index (χ1n) is 20.0. The molecule has 0 aliphatic carbocycles. The fourth-order valence-electron chi connectivity index (χ4n) is 5.98. The van der Waals surface area contributed by atoms with Gasteiger partial charge in [-0.05, 0) is 68.1 Å². The van der Waals surface area contributed by atoms with E-state index in [2.05, 4.69) is 13.8 Å². The zero-order valence-corrected chi connectivity index (χ0v) is 33.3. The van der Waals surface area contributed by atoms with Crippen LogP contribution in [0.4, 0.5) is 0 Å². The second kappa shape index (κ2) is 25.7. The summed E-state index contributed by atoms with van der Waals surface area (Å²) in [6.45, 7) is 8.03. The molecule has 3 aromatic rings. The lowest BCUT2D eigenvalue weighted by molar-refractivity contribution is -0.159. The van der Waals surface area contributed by atoms with Crippen LogP contribution in [-0.4, -0.2) is 54.8 Å². The maximum absolute atomic E-state index is 12.8. The highest BCUT2D eigenvalue weighted by molar-refractivity contribution is 6.04. The topological polar surface area (TPSA) is 144 Å². The number of aromatic hydroxyl groups is 1. The number of carbonyl (C=O) groups is 4. The number of hydrogen-bond donors (Lipinski definition) is 1. The van der Waals surface area contributed by atoms with Gasteiger partial charge in [0.2, 0.25) is 12.6 Å². The summed E-state index contributed by atoms with van der Waals surface area (Å²) in [5.41, 5.74) is 1.53. The van der Waals surface area contributed by atoms with Crippen LogP contribution in [-0.2, 0) is 38.1 Å². The Balaban J connectivity index is 1.87. The van der Waals surface area contributed by atoms with Crippen molar-refractivity contribution >= 4 is 34.6 Å². The van der Waals surface area contributed by atoms with E-state index in [1.807, 2.05) is 12.1 Å². The summed E-state index contributed by atoms with van der Waals surface area (Å²) in [4.78, 5) is 48.9. The van der Waals surface area contributed by atoms with Gasteiger partial charge < -0.3 is 33.5 Å². The molecule has 0 fully saturated rings. The van der Waals surface area contributed by atoms with Crippen LogP contribution in [0.3, 0.4) is 0 Å². The van der Waals surface area contributed by atoms with Gasteiger partial charge in [0.25, 0.3) is 0 Å². The average molecular weight is 775 g/mol. The molecule has 11 heteroatoms. The van der Waals surface area contributed by atoms with Crippen molar-refractivity contribution in [1.29, 1.82) is 0 Å². The summed E-state index contributed by atoms with van der Waals surface area (Å²) in [6, 6.07) is 15.9. The highest BCUT2D eigenvalue weighted by atomic mass is 16.7. The van der Waals surface area contributed by atoms with Crippen molar-refractivity contribution in [2.24, 2.45) is 0 Å². The van der Waals surface area contributed by atoms with Crippen molar-refractivity contribution in [1.82, 2.24) is 0 Å². The third-order valence-electron chi connectivity index (χ3n) is 8.79. The van der Waals surface area contributed by atoms with E-state index >= 15 is 0 Å². The molecule has 0 heterocycles. The van der Waals surface area contributed by atoms with E-state index in [0.717, 1.165) is 106 Å². The molecule has 2 unspecified atom stereocenters. The van der Waals surface area contributed by atoms with E-state index in [-0.39, 0.29) is 19.0 Å². The van der Waals surface area contributed by atoms with Crippen molar-refractivity contribution in [2.45, 2.75) is 124 Å².